The van der Waals surface area contributed by atoms with E-state index in [-0.39, 0.29) is 18.0 Å². The van der Waals surface area contributed by atoms with Crippen molar-refractivity contribution in [3.05, 3.63) is 34.9 Å². The molecule has 1 aromatic carbocycles. The highest BCUT2D eigenvalue weighted by molar-refractivity contribution is 5.79. The lowest BCUT2D eigenvalue weighted by molar-refractivity contribution is -0.133. The minimum absolute atomic E-state index is 0.255. The van der Waals surface area contributed by atoms with Crippen molar-refractivity contribution in [3.8, 4) is 0 Å². The predicted octanol–water partition coefficient (Wildman–Crippen LogP) is 2.45. The summed E-state index contributed by atoms with van der Waals surface area (Å²) in [7, 11) is 0. The fourth-order valence-electron chi connectivity index (χ4n) is 3.75. The zero-order chi connectivity index (χ0) is 14.8. The quantitative estimate of drug-likeness (QED) is 0.907. The normalized spacial score (nSPS) is 25.5. The van der Waals surface area contributed by atoms with Gasteiger partial charge in [0.15, 0.2) is 0 Å². The number of fused-ring (bicyclic) bond motifs is 1. The number of carbonyl (C=O) groups excluding carboxylic acids is 1. The van der Waals surface area contributed by atoms with Gasteiger partial charge in [-0.1, -0.05) is 18.2 Å². The van der Waals surface area contributed by atoms with Crippen molar-refractivity contribution in [2.45, 2.75) is 64.0 Å². The lowest BCUT2D eigenvalue weighted by atomic mass is 9.89. The number of hydrogen-bond donors (Lipinski definition) is 1. The van der Waals surface area contributed by atoms with E-state index in [1.54, 1.807) is 0 Å². The number of amides is 1. The van der Waals surface area contributed by atoms with E-state index in [1.807, 2.05) is 4.90 Å². The number of nitrogens with zero attached hydrogens (tertiary/aromatic N) is 1. The molecule has 0 unspecified atom stereocenters. The maximum absolute atomic E-state index is 12.5. The fraction of sp³-hybridized carbons (Fsp3) is 0.611. The molecule has 1 aromatic rings. The van der Waals surface area contributed by atoms with Crippen LogP contribution in [0.4, 0.5) is 0 Å². The van der Waals surface area contributed by atoms with Gasteiger partial charge >= 0.3 is 0 Å². The van der Waals surface area contributed by atoms with Crippen molar-refractivity contribution in [2.24, 2.45) is 5.73 Å². The Morgan fingerprint density at radius 1 is 1.29 bits per heavy atom. The van der Waals surface area contributed by atoms with Crippen LogP contribution < -0.4 is 5.73 Å². The fourth-order valence-corrected chi connectivity index (χ4v) is 3.75. The van der Waals surface area contributed by atoms with Gasteiger partial charge in [0.1, 0.15) is 0 Å². The molecule has 2 N–H and O–H groups in total. The SMILES string of the molecule is C[C@@H]1C[C@H](N)CCN1C(=O)Cc1ccc2c(c1)CCCC2. The van der Waals surface area contributed by atoms with Crippen LogP contribution in [0.3, 0.4) is 0 Å². The average molecular weight is 286 g/mol. The zero-order valence-corrected chi connectivity index (χ0v) is 13.0. The molecule has 1 aliphatic carbocycles. The van der Waals surface area contributed by atoms with Gasteiger partial charge in [-0.05, 0) is 62.1 Å². The molecule has 21 heavy (non-hydrogen) atoms. The van der Waals surface area contributed by atoms with Crippen LogP contribution in [0.2, 0.25) is 0 Å². The standard InChI is InChI=1S/C18H26N2O/c1-13-10-17(19)8-9-20(13)18(21)12-14-6-7-15-4-2-3-5-16(15)11-14/h6-7,11,13,17H,2-5,8-10,12,19H2,1H3/t13-,17-/m1/s1. The second-order valence-electron chi connectivity index (χ2n) is 6.71. The molecule has 1 aliphatic heterocycles. The van der Waals surface area contributed by atoms with Crippen LogP contribution >= 0.6 is 0 Å². The molecule has 0 spiro atoms. The average Bonchev–Trinajstić information content (AvgIpc) is 2.47. The summed E-state index contributed by atoms with van der Waals surface area (Å²) in [5.41, 5.74) is 10.1. The van der Waals surface area contributed by atoms with Crippen LogP contribution in [-0.2, 0) is 24.1 Å². The molecule has 1 fully saturated rings. The van der Waals surface area contributed by atoms with Gasteiger partial charge in [-0.15, -0.1) is 0 Å². The Hall–Kier alpha value is -1.35. The van der Waals surface area contributed by atoms with Crippen molar-refractivity contribution < 1.29 is 4.79 Å². The van der Waals surface area contributed by atoms with Gasteiger partial charge in [0.2, 0.25) is 5.91 Å². The topological polar surface area (TPSA) is 46.3 Å². The van der Waals surface area contributed by atoms with Crippen molar-refractivity contribution in [1.82, 2.24) is 4.90 Å². The van der Waals surface area contributed by atoms with E-state index in [0.717, 1.165) is 19.4 Å². The summed E-state index contributed by atoms with van der Waals surface area (Å²) >= 11 is 0. The minimum atomic E-state index is 0.255. The van der Waals surface area contributed by atoms with E-state index < -0.39 is 0 Å². The summed E-state index contributed by atoms with van der Waals surface area (Å²) in [4.78, 5) is 14.6. The Bertz CT molecular complexity index is 526. The van der Waals surface area contributed by atoms with E-state index >= 15 is 0 Å². The summed E-state index contributed by atoms with van der Waals surface area (Å²) in [5.74, 6) is 0.255. The number of benzene rings is 1. The smallest absolute Gasteiger partial charge is 0.227 e. The van der Waals surface area contributed by atoms with Gasteiger partial charge in [0.05, 0.1) is 6.42 Å². The molecule has 1 saturated heterocycles. The molecule has 3 heteroatoms. The van der Waals surface area contributed by atoms with E-state index in [2.05, 4.69) is 25.1 Å². The van der Waals surface area contributed by atoms with Crippen LogP contribution in [0.15, 0.2) is 18.2 Å². The number of likely N-dealkylation sites (tertiary alicyclic amines) is 1. The maximum Gasteiger partial charge on any atom is 0.227 e. The second-order valence-corrected chi connectivity index (χ2v) is 6.71. The molecule has 114 valence electrons. The molecule has 3 rings (SSSR count). The van der Waals surface area contributed by atoms with Crippen LogP contribution in [0, 0.1) is 0 Å². The van der Waals surface area contributed by atoms with Gasteiger partial charge in [-0.2, -0.15) is 0 Å². The van der Waals surface area contributed by atoms with Crippen LogP contribution in [0.1, 0.15) is 49.3 Å². The summed E-state index contributed by atoms with van der Waals surface area (Å²) in [5, 5.41) is 0. The summed E-state index contributed by atoms with van der Waals surface area (Å²) in [6.45, 7) is 2.93. The number of aryl methyl sites for hydroxylation is 2. The van der Waals surface area contributed by atoms with Gasteiger partial charge < -0.3 is 10.6 Å². The monoisotopic (exact) mass is 286 g/mol. The number of rotatable bonds is 2. The summed E-state index contributed by atoms with van der Waals surface area (Å²) in [6.07, 6.45) is 7.35. The first-order valence-electron chi connectivity index (χ1n) is 8.29. The molecule has 1 heterocycles. The Labute approximate surface area is 127 Å². The first-order valence-corrected chi connectivity index (χ1v) is 8.29. The Kier molecular flexibility index (Phi) is 4.29. The molecule has 2 atom stereocenters. The molecule has 0 bridgehead atoms. The molecule has 0 saturated carbocycles. The minimum Gasteiger partial charge on any atom is -0.340 e. The highest BCUT2D eigenvalue weighted by Crippen LogP contribution is 2.23. The summed E-state index contributed by atoms with van der Waals surface area (Å²) < 4.78 is 0. The van der Waals surface area contributed by atoms with E-state index in [0.29, 0.717) is 6.42 Å². The number of nitrogens with two attached hydrogens (primary N) is 1. The molecular weight excluding hydrogens is 260 g/mol. The molecule has 0 aromatic heterocycles. The van der Waals surface area contributed by atoms with E-state index in [4.69, 9.17) is 5.73 Å². The Morgan fingerprint density at radius 3 is 2.81 bits per heavy atom. The van der Waals surface area contributed by atoms with E-state index in [9.17, 15) is 4.79 Å². The van der Waals surface area contributed by atoms with Crippen molar-refractivity contribution in [2.75, 3.05) is 6.54 Å². The highest BCUT2D eigenvalue weighted by Gasteiger charge is 2.26. The largest absolute Gasteiger partial charge is 0.340 e. The Morgan fingerprint density at radius 2 is 2.05 bits per heavy atom. The lowest BCUT2D eigenvalue weighted by Crippen LogP contribution is -2.48. The van der Waals surface area contributed by atoms with Crippen molar-refractivity contribution >= 4 is 5.91 Å². The molecule has 2 aliphatic rings. The highest BCUT2D eigenvalue weighted by atomic mass is 16.2. The molecular formula is C18H26N2O. The van der Waals surface area contributed by atoms with Crippen LogP contribution in [0.5, 0.6) is 0 Å². The number of carbonyl (C=O) groups is 1. The molecule has 3 nitrogen and oxygen atoms in total. The second kappa shape index (κ2) is 6.18. The van der Waals surface area contributed by atoms with Crippen LogP contribution in [0.25, 0.3) is 0 Å². The van der Waals surface area contributed by atoms with E-state index in [1.165, 1.54) is 42.4 Å². The molecule has 1 amide bonds. The predicted molar refractivity (Wildman–Crippen MR) is 85.2 cm³/mol. The lowest BCUT2D eigenvalue weighted by Gasteiger charge is -2.36. The van der Waals surface area contributed by atoms with Gasteiger partial charge in [0, 0.05) is 18.6 Å². The number of hydrogen-bond acceptors (Lipinski definition) is 2. The Balaban J connectivity index is 1.67. The third kappa shape index (κ3) is 3.29. The number of piperidine rings is 1. The van der Waals surface area contributed by atoms with Crippen LogP contribution in [-0.4, -0.2) is 29.4 Å². The van der Waals surface area contributed by atoms with Crippen molar-refractivity contribution in [1.29, 1.82) is 0 Å². The zero-order valence-electron chi connectivity index (χ0n) is 13.0. The summed E-state index contributed by atoms with van der Waals surface area (Å²) in [6, 6.07) is 7.16. The van der Waals surface area contributed by atoms with Crippen molar-refractivity contribution in [3.63, 3.8) is 0 Å². The molecule has 0 radical (unpaired) electrons. The van der Waals surface area contributed by atoms with Gasteiger partial charge in [-0.25, -0.2) is 0 Å². The van der Waals surface area contributed by atoms with Gasteiger partial charge in [-0.3, -0.25) is 4.79 Å². The first kappa shape index (κ1) is 14.6. The third-order valence-electron chi connectivity index (χ3n) is 5.01. The first-order chi connectivity index (χ1) is 10.1. The third-order valence-corrected chi connectivity index (χ3v) is 5.01. The maximum atomic E-state index is 12.5. The van der Waals surface area contributed by atoms with Gasteiger partial charge in [0.25, 0.3) is 0 Å².